The summed E-state index contributed by atoms with van der Waals surface area (Å²) in [5.41, 5.74) is 2.23. The quantitative estimate of drug-likeness (QED) is 0.473. The van der Waals surface area contributed by atoms with Gasteiger partial charge in [-0.1, -0.05) is 13.0 Å². The number of hydrogen-bond acceptors (Lipinski definition) is 3. The van der Waals surface area contributed by atoms with Gasteiger partial charge in [-0.2, -0.15) is 0 Å². The second-order valence-corrected chi connectivity index (χ2v) is 3.44. The van der Waals surface area contributed by atoms with Crippen LogP contribution in [-0.4, -0.2) is 18.6 Å². The molecule has 0 aromatic heterocycles. The fourth-order valence-corrected chi connectivity index (χ4v) is 1.36. The zero-order valence-corrected chi connectivity index (χ0v) is 13.9. The van der Waals surface area contributed by atoms with Crippen molar-refractivity contribution in [2.45, 2.75) is 13.3 Å². The summed E-state index contributed by atoms with van der Waals surface area (Å²) in [4.78, 5) is 10.1. The first-order valence-corrected chi connectivity index (χ1v) is 5.10. The van der Waals surface area contributed by atoms with Crippen molar-refractivity contribution in [2.24, 2.45) is 0 Å². The van der Waals surface area contributed by atoms with Gasteiger partial charge in [-0.25, -0.2) is 0 Å². The maximum Gasteiger partial charge on any atom is 0.269 e. The van der Waals surface area contributed by atoms with Gasteiger partial charge in [-0.3, -0.25) is 10.1 Å². The number of benzene rings is 1. The average molecular weight is 325 g/mol. The van der Waals surface area contributed by atoms with Gasteiger partial charge in [-0.05, 0) is 29.7 Å². The van der Waals surface area contributed by atoms with Crippen molar-refractivity contribution < 1.29 is 42.4 Å². The van der Waals surface area contributed by atoms with Crippen LogP contribution in [0.2, 0.25) is 0 Å². The first kappa shape index (κ1) is 19.8. The van der Waals surface area contributed by atoms with Crippen molar-refractivity contribution >= 4 is 11.8 Å². The Kier molecular flexibility index (Phi) is 11.4. The van der Waals surface area contributed by atoms with Gasteiger partial charge in [0.15, 0.2) is 0 Å². The average Bonchev–Trinajstić information content (AvgIpc) is 2.29. The minimum atomic E-state index is -0.399. The van der Waals surface area contributed by atoms with Crippen molar-refractivity contribution in [3.8, 4) is 0 Å². The molecule has 0 atom stereocenters. The maximum atomic E-state index is 10.5. The molecule has 0 fully saturated rings. The number of nitrogens with zero attached hydrogens (tertiary/aromatic N) is 1. The van der Waals surface area contributed by atoms with Crippen LogP contribution >= 0.6 is 0 Å². The SMILES string of the molecule is CC/C(=C\c1ccc([N+](=O)[O-])cc1)COC.[CH3-].[Y]. The number of ether oxygens (including phenoxy) is 1. The van der Waals surface area contributed by atoms with Crippen LogP contribution in [0.3, 0.4) is 0 Å². The topological polar surface area (TPSA) is 52.4 Å². The summed E-state index contributed by atoms with van der Waals surface area (Å²) in [7, 11) is 1.65. The molecule has 0 spiro atoms. The third-order valence-corrected chi connectivity index (χ3v) is 2.26. The van der Waals surface area contributed by atoms with E-state index in [1.165, 1.54) is 12.1 Å². The predicted octanol–water partition coefficient (Wildman–Crippen LogP) is 3.48. The van der Waals surface area contributed by atoms with Gasteiger partial charge in [0.05, 0.1) is 11.5 Å². The first-order chi connectivity index (χ1) is 7.67. The Morgan fingerprint density at radius 2 is 1.94 bits per heavy atom. The van der Waals surface area contributed by atoms with E-state index in [-0.39, 0.29) is 45.8 Å². The van der Waals surface area contributed by atoms with Crippen LogP contribution in [0.1, 0.15) is 18.9 Å². The molecule has 0 bridgehead atoms. The number of rotatable bonds is 5. The van der Waals surface area contributed by atoms with E-state index in [1.54, 1.807) is 19.2 Å². The normalized spacial score (nSPS) is 10.2. The van der Waals surface area contributed by atoms with Crippen LogP contribution in [0.25, 0.3) is 6.08 Å². The second-order valence-electron chi connectivity index (χ2n) is 3.44. The molecular weight excluding hydrogens is 307 g/mol. The Labute approximate surface area is 133 Å². The van der Waals surface area contributed by atoms with E-state index in [2.05, 4.69) is 6.92 Å². The zero-order valence-electron chi connectivity index (χ0n) is 11.1. The summed E-state index contributed by atoms with van der Waals surface area (Å²) in [5.74, 6) is 0. The van der Waals surface area contributed by atoms with Crippen molar-refractivity contribution in [3.63, 3.8) is 0 Å². The smallest absolute Gasteiger partial charge is 0.269 e. The molecule has 1 aromatic rings. The van der Waals surface area contributed by atoms with E-state index < -0.39 is 4.92 Å². The third-order valence-electron chi connectivity index (χ3n) is 2.26. The molecule has 97 valence electrons. The predicted molar refractivity (Wildman–Crippen MR) is 69.7 cm³/mol. The molecule has 1 rings (SSSR count). The summed E-state index contributed by atoms with van der Waals surface area (Å²) in [6, 6.07) is 6.49. The van der Waals surface area contributed by atoms with E-state index in [9.17, 15) is 10.1 Å². The van der Waals surface area contributed by atoms with Gasteiger partial charge >= 0.3 is 0 Å². The van der Waals surface area contributed by atoms with E-state index in [4.69, 9.17) is 4.74 Å². The first-order valence-electron chi connectivity index (χ1n) is 5.10. The zero-order chi connectivity index (χ0) is 12.0. The molecular formula is C13H18NO3Y-. The molecule has 0 aliphatic rings. The number of non-ortho nitro benzene ring substituents is 1. The van der Waals surface area contributed by atoms with Gasteiger partial charge in [0, 0.05) is 52.0 Å². The standard InChI is InChI=1S/C12H15NO3.CH3.Y/c1-3-10(9-16-2)8-11-4-6-12(7-5-11)13(14)15;;/h4-8H,3,9H2,1-2H3;1H3;/q;-1;/b10-8+;;. The summed E-state index contributed by atoms with van der Waals surface area (Å²) in [6.45, 7) is 2.64. The van der Waals surface area contributed by atoms with E-state index in [1.807, 2.05) is 6.08 Å². The molecule has 0 saturated heterocycles. The van der Waals surface area contributed by atoms with Crippen LogP contribution in [0.5, 0.6) is 0 Å². The van der Waals surface area contributed by atoms with Crippen LogP contribution in [-0.2, 0) is 37.4 Å². The van der Waals surface area contributed by atoms with Gasteiger partial charge in [0.1, 0.15) is 0 Å². The van der Waals surface area contributed by atoms with Crippen molar-refractivity contribution in [1.82, 2.24) is 0 Å². The number of nitro groups is 1. The van der Waals surface area contributed by atoms with Crippen molar-refractivity contribution in [3.05, 3.63) is 52.9 Å². The van der Waals surface area contributed by atoms with Crippen LogP contribution in [0.4, 0.5) is 5.69 Å². The summed E-state index contributed by atoms with van der Waals surface area (Å²) in [5, 5.41) is 10.5. The number of methoxy groups -OCH3 is 1. The molecule has 0 amide bonds. The Balaban J connectivity index is 0. The Hall–Kier alpha value is -0.576. The molecule has 1 aromatic carbocycles. The summed E-state index contributed by atoms with van der Waals surface area (Å²) in [6.07, 6.45) is 2.90. The number of hydrogen-bond donors (Lipinski definition) is 0. The maximum absolute atomic E-state index is 10.5. The van der Waals surface area contributed by atoms with Gasteiger partial charge in [0.2, 0.25) is 0 Å². The van der Waals surface area contributed by atoms with Crippen LogP contribution in [0, 0.1) is 17.5 Å². The molecule has 0 saturated carbocycles. The largest absolute Gasteiger partial charge is 0.380 e. The minimum Gasteiger partial charge on any atom is -0.380 e. The Morgan fingerprint density at radius 3 is 2.33 bits per heavy atom. The molecule has 0 unspecified atom stereocenters. The van der Waals surface area contributed by atoms with Crippen molar-refractivity contribution in [1.29, 1.82) is 0 Å². The summed E-state index contributed by atoms with van der Waals surface area (Å²) >= 11 is 0. The third kappa shape index (κ3) is 6.38. The fraction of sp³-hybridized carbons (Fsp3) is 0.308. The van der Waals surface area contributed by atoms with Gasteiger partial charge in [-0.15, -0.1) is 0 Å². The molecule has 1 radical (unpaired) electrons. The Morgan fingerprint density at radius 1 is 1.39 bits per heavy atom. The van der Waals surface area contributed by atoms with Gasteiger partial charge in [0.25, 0.3) is 5.69 Å². The van der Waals surface area contributed by atoms with Crippen LogP contribution < -0.4 is 0 Å². The summed E-state index contributed by atoms with van der Waals surface area (Å²) < 4.78 is 5.05. The van der Waals surface area contributed by atoms with E-state index >= 15 is 0 Å². The molecule has 0 heterocycles. The molecule has 5 heteroatoms. The number of nitro benzene ring substituents is 1. The molecule has 0 aliphatic heterocycles. The van der Waals surface area contributed by atoms with E-state index in [0.717, 1.165) is 17.6 Å². The molecule has 4 nitrogen and oxygen atoms in total. The van der Waals surface area contributed by atoms with Gasteiger partial charge < -0.3 is 12.2 Å². The Bertz CT molecular complexity index is 388. The fourth-order valence-electron chi connectivity index (χ4n) is 1.36. The minimum absolute atomic E-state index is 0. The van der Waals surface area contributed by atoms with Crippen LogP contribution in [0.15, 0.2) is 29.8 Å². The van der Waals surface area contributed by atoms with E-state index in [0.29, 0.717) is 6.61 Å². The van der Waals surface area contributed by atoms with Crippen molar-refractivity contribution in [2.75, 3.05) is 13.7 Å². The molecule has 0 aliphatic carbocycles. The second kappa shape index (κ2) is 10.4. The molecule has 18 heavy (non-hydrogen) atoms. The molecule has 0 N–H and O–H groups in total. The monoisotopic (exact) mass is 325 g/mol.